The van der Waals surface area contributed by atoms with Crippen LogP contribution in [0.15, 0.2) is 22.9 Å². The van der Waals surface area contributed by atoms with Crippen LogP contribution in [0.5, 0.6) is 0 Å². The first-order chi connectivity index (χ1) is 15.6. The van der Waals surface area contributed by atoms with E-state index in [0.717, 1.165) is 11.3 Å². The Morgan fingerprint density at radius 2 is 2.06 bits per heavy atom. The van der Waals surface area contributed by atoms with Gasteiger partial charge in [0.2, 0.25) is 0 Å². The average molecular weight is 538 g/mol. The van der Waals surface area contributed by atoms with Crippen LogP contribution in [0.25, 0.3) is 21.3 Å². The summed E-state index contributed by atoms with van der Waals surface area (Å²) in [5, 5.41) is 11.5. The van der Waals surface area contributed by atoms with E-state index in [1.54, 1.807) is 24.9 Å². The van der Waals surface area contributed by atoms with Crippen molar-refractivity contribution in [1.82, 2.24) is 24.5 Å². The number of fused-ring (bicyclic) bond motifs is 1. The number of carbonyl (C=O) groups excluding carboxylic acids is 2. The van der Waals surface area contributed by atoms with Gasteiger partial charge in [0.15, 0.2) is 0 Å². The summed E-state index contributed by atoms with van der Waals surface area (Å²) >= 11 is 4.15. The summed E-state index contributed by atoms with van der Waals surface area (Å²) in [6, 6.07) is 1.25. The van der Waals surface area contributed by atoms with Crippen molar-refractivity contribution in [2.24, 2.45) is 12.8 Å². The number of anilines is 1. The number of hydrogen-bond donors (Lipinski definition) is 2. The maximum Gasteiger partial charge on any atom is 0.280 e. The van der Waals surface area contributed by atoms with Crippen molar-refractivity contribution in [3.8, 4) is 11.1 Å². The first-order valence-corrected chi connectivity index (χ1v) is 11.3. The predicted octanol–water partition coefficient (Wildman–Crippen LogP) is 4.27. The lowest BCUT2D eigenvalue weighted by atomic mass is 10.0. The highest BCUT2D eigenvalue weighted by Gasteiger charge is 2.27. The summed E-state index contributed by atoms with van der Waals surface area (Å²) in [5.74, 6) is -1.36. The quantitative estimate of drug-likeness (QED) is 0.380. The van der Waals surface area contributed by atoms with Gasteiger partial charge >= 0.3 is 0 Å². The summed E-state index contributed by atoms with van der Waals surface area (Å²) in [7, 11) is 1.71. The van der Waals surface area contributed by atoms with E-state index in [-0.39, 0.29) is 21.1 Å². The number of thiophene rings is 1. The Bertz CT molecular complexity index is 1410. The molecule has 0 unspecified atom stereocenters. The fourth-order valence-corrected chi connectivity index (χ4v) is 5.09. The van der Waals surface area contributed by atoms with Crippen molar-refractivity contribution >= 4 is 55.0 Å². The molecule has 4 aromatic heterocycles. The highest BCUT2D eigenvalue weighted by Crippen LogP contribution is 2.43. The van der Waals surface area contributed by atoms with E-state index in [4.69, 9.17) is 5.73 Å². The Morgan fingerprint density at radius 3 is 2.64 bits per heavy atom. The van der Waals surface area contributed by atoms with Crippen LogP contribution in [0, 0.1) is 6.92 Å². The lowest BCUT2D eigenvalue weighted by molar-refractivity contribution is 0.100. The van der Waals surface area contributed by atoms with Gasteiger partial charge in [0, 0.05) is 30.7 Å². The first-order valence-electron chi connectivity index (χ1n) is 9.71. The van der Waals surface area contributed by atoms with Gasteiger partial charge in [-0.3, -0.25) is 19.0 Å². The van der Waals surface area contributed by atoms with Gasteiger partial charge in [0.05, 0.1) is 22.1 Å². The normalized spacial score (nSPS) is 11.5. The molecule has 3 N–H and O–H groups in total. The van der Waals surface area contributed by atoms with Gasteiger partial charge in [-0.15, -0.1) is 11.3 Å². The highest BCUT2D eigenvalue weighted by molar-refractivity contribution is 9.10. The number of nitrogens with two attached hydrogens (primary N) is 1. The topological polar surface area (TPSA) is 121 Å². The largest absolute Gasteiger partial charge is 0.365 e. The summed E-state index contributed by atoms with van der Waals surface area (Å²) in [5.41, 5.74) is 6.98. The Labute approximate surface area is 198 Å². The number of nitrogens with one attached hydrogen (secondary N) is 1. The number of aryl methyl sites for hydroxylation is 3. The molecule has 172 valence electrons. The Morgan fingerprint density at radius 1 is 1.33 bits per heavy atom. The van der Waals surface area contributed by atoms with Gasteiger partial charge in [0.25, 0.3) is 18.2 Å². The summed E-state index contributed by atoms with van der Waals surface area (Å²) in [4.78, 5) is 29.6. The van der Waals surface area contributed by atoms with Crippen LogP contribution in [0.1, 0.15) is 44.9 Å². The zero-order chi connectivity index (χ0) is 24.0. The third-order valence-electron chi connectivity index (χ3n) is 4.98. The van der Waals surface area contributed by atoms with E-state index >= 15 is 0 Å². The van der Waals surface area contributed by atoms with Crippen LogP contribution in [0.2, 0.25) is 0 Å². The molecule has 0 aliphatic rings. The Kier molecular flexibility index (Phi) is 6.01. The number of hydrogen-bond acceptors (Lipinski definition) is 6. The smallest absolute Gasteiger partial charge is 0.280 e. The first kappa shape index (κ1) is 23.0. The van der Waals surface area contributed by atoms with E-state index in [2.05, 4.69) is 36.4 Å². The van der Waals surface area contributed by atoms with Gasteiger partial charge in [-0.05, 0) is 41.4 Å². The molecule has 0 radical (unpaired) electrons. The minimum atomic E-state index is -2.84. The van der Waals surface area contributed by atoms with Crippen LogP contribution >= 0.6 is 27.3 Å². The zero-order valence-electron chi connectivity index (χ0n) is 17.7. The number of pyridine rings is 1. The third-order valence-corrected chi connectivity index (χ3v) is 6.66. The Hall–Kier alpha value is -3.19. The van der Waals surface area contributed by atoms with Crippen molar-refractivity contribution in [3.05, 3.63) is 44.9 Å². The van der Waals surface area contributed by atoms with Crippen molar-refractivity contribution in [3.63, 3.8) is 0 Å². The molecule has 0 spiro atoms. The minimum absolute atomic E-state index is 0.00116. The van der Waals surface area contributed by atoms with Crippen LogP contribution < -0.4 is 11.1 Å². The number of carbonyl (C=O) groups is 2. The molecule has 0 aliphatic carbocycles. The summed E-state index contributed by atoms with van der Waals surface area (Å²) < 4.78 is 30.8. The minimum Gasteiger partial charge on any atom is -0.365 e. The summed E-state index contributed by atoms with van der Waals surface area (Å²) in [6.45, 7) is 3.99. The number of rotatable bonds is 6. The molecule has 0 saturated heterocycles. The molecule has 0 aromatic carbocycles. The number of primary amides is 1. The second-order valence-corrected chi connectivity index (χ2v) is 9.01. The fourth-order valence-electron chi connectivity index (χ4n) is 3.60. The van der Waals surface area contributed by atoms with Gasteiger partial charge in [0.1, 0.15) is 21.1 Å². The number of nitrogens with zero attached hydrogens (tertiary/aromatic N) is 5. The van der Waals surface area contributed by atoms with Crippen molar-refractivity contribution in [1.29, 1.82) is 0 Å². The second kappa shape index (κ2) is 8.63. The lowest BCUT2D eigenvalue weighted by Crippen LogP contribution is -2.20. The maximum absolute atomic E-state index is 13.6. The van der Waals surface area contributed by atoms with Crippen LogP contribution in [-0.2, 0) is 13.6 Å². The standard InChI is InChI=1S/C20H18BrF2N7O2S/c1-4-30-15(11(21)6-25-30)19(32)27-14-13-9(10-7-29(3)28-8(10)2)5-12(17(22)23)26-20(13)33-16(14)18(24)31/h5-7,17H,4H2,1-3H3,(H2,24,31)(H,27,32). The van der Waals surface area contributed by atoms with E-state index in [1.807, 2.05) is 6.92 Å². The number of alkyl halides is 2. The average Bonchev–Trinajstić information content (AvgIpc) is 3.41. The molecular weight excluding hydrogens is 520 g/mol. The molecule has 4 heterocycles. The van der Waals surface area contributed by atoms with E-state index in [1.165, 1.54) is 16.9 Å². The monoisotopic (exact) mass is 537 g/mol. The second-order valence-electron chi connectivity index (χ2n) is 7.16. The molecule has 2 amide bonds. The van der Waals surface area contributed by atoms with Crippen LogP contribution in [-0.4, -0.2) is 36.4 Å². The SMILES string of the molecule is CCn1ncc(Br)c1C(=O)Nc1c(C(N)=O)sc2nc(C(F)F)cc(-c3cn(C)nc3C)c12. The molecule has 13 heteroatoms. The fraction of sp³-hybridized carbons (Fsp3) is 0.250. The predicted molar refractivity (Wildman–Crippen MR) is 124 cm³/mol. The van der Waals surface area contributed by atoms with E-state index < -0.39 is 23.9 Å². The van der Waals surface area contributed by atoms with Crippen molar-refractivity contribution in [2.75, 3.05) is 5.32 Å². The number of aromatic nitrogens is 5. The van der Waals surface area contributed by atoms with Crippen molar-refractivity contribution < 1.29 is 18.4 Å². The van der Waals surface area contributed by atoms with E-state index in [0.29, 0.717) is 33.2 Å². The molecule has 0 aliphatic heterocycles. The molecule has 0 bridgehead atoms. The summed E-state index contributed by atoms with van der Waals surface area (Å²) in [6.07, 6.45) is 0.326. The molecule has 9 nitrogen and oxygen atoms in total. The van der Waals surface area contributed by atoms with E-state index in [9.17, 15) is 18.4 Å². The maximum atomic E-state index is 13.6. The molecule has 0 saturated carbocycles. The molecule has 0 atom stereocenters. The molecule has 4 rings (SSSR count). The Balaban J connectivity index is 1.99. The van der Waals surface area contributed by atoms with Gasteiger partial charge in [-0.25, -0.2) is 13.8 Å². The third kappa shape index (κ3) is 4.02. The van der Waals surface area contributed by atoms with Crippen molar-refractivity contribution in [2.45, 2.75) is 26.8 Å². The molecule has 33 heavy (non-hydrogen) atoms. The number of halogens is 3. The zero-order valence-corrected chi connectivity index (χ0v) is 20.1. The molecule has 0 fully saturated rings. The molecule has 4 aromatic rings. The van der Waals surface area contributed by atoms with Gasteiger partial charge < -0.3 is 11.1 Å². The van der Waals surface area contributed by atoms with Crippen LogP contribution in [0.3, 0.4) is 0 Å². The number of amides is 2. The van der Waals surface area contributed by atoms with Gasteiger partial charge in [-0.2, -0.15) is 10.2 Å². The molecular formula is C20H18BrF2N7O2S. The van der Waals surface area contributed by atoms with Crippen LogP contribution in [0.4, 0.5) is 14.5 Å². The lowest BCUT2D eigenvalue weighted by Gasteiger charge is -2.11. The highest BCUT2D eigenvalue weighted by atomic mass is 79.9. The van der Waals surface area contributed by atoms with Gasteiger partial charge in [-0.1, -0.05) is 0 Å².